The third kappa shape index (κ3) is 4.64. The van der Waals surface area contributed by atoms with Crippen LogP contribution < -0.4 is 10.6 Å². The van der Waals surface area contributed by atoms with Crippen molar-refractivity contribution in [1.29, 1.82) is 0 Å². The van der Waals surface area contributed by atoms with E-state index in [1.54, 1.807) is 0 Å². The zero-order valence-corrected chi connectivity index (χ0v) is 12.5. The molecule has 0 spiro atoms. The summed E-state index contributed by atoms with van der Waals surface area (Å²) in [6, 6.07) is 8.33. The maximum atomic E-state index is 11.9. The molecule has 1 fully saturated rings. The van der Waals surface area contributed by atoms with Gasteiger partial charge in [-0.1, -0.05) is 31.2 Å². The van der Waals surface area contributed by atoms with Crippen LogP contribution in [0, 0.1) is 5.92 Å². The van der Waals surface area contributed by atoms with Crippen molar-refractivity contribution in [3.8, 4) is 0 Å². The maximum Gasteiger partial charge on any atom is 0.220 e. The van der Waals surface area contributed by atoms with Gasteiger partial charge in [0.15, 0.2) is 0 Å². The van der Waals surface area contributed by atoms with Crippen molar-refractivity contribution in [2.24, 2.45) is 5.92 Å². The molecule has 0 bridgehead atoms. The highest BCUT2D eigenvalue weighted by Crippen LogP contribution is 2.17. The van der Waals surface area contributed by atoms with Gasteiger partial charge in [-0.15, -0.1) is 0 Å². The average molecular weight is 274 g/mol. The third-order valence-corrected chi connectivity index (χ3v) is 4.21. The predicted octanol–water partition coefficient (Wildman–Crippen LogP) is 2.65. The highest BCUT2D eigenvalue weighted by Gasteiger charge is 2.14. The minimum absolute atomic E-state index is 0.189. The second kappa shape index (κ2) is 8.05. The van der Waals surface area contributed by atoms with Gasteiger partial charge in [-0.25, -0.2) is 0 Å². The summed E-state index contributed by atoms with van der Waals surface area (Å²) in [6.07, 6.45) is 5.14. The summed E-state index contributed by atoms with van der Waals surface area (Å²) in [5.41, 5.74) is 2.57. The van der Waals surface area contributed by atoms with Gasteiger partial charge in [-0.3, -0.25) is 4.79 Å². The van der Waals surface area contributed by atoms with Crippen LogP contribution in [0.5, 0.6) is 0 Å². The lowest BCUT2D eigenvalue weighted by Gasteiger charge is -2.22. The van der Waals surface area contributed by atoms with Gasteiger partial charge in [0, 0.05) is 13.0 Å². The van der Waals surface area contributed by atoms with Crippen LogP contribution in [0.15, 0.2) is 24.3 Å². The highest BCUT2D eigenvalue weighted by atomic mass is 16.1. The normalized spacial score (nSPS) is 16.1. The number of amides is 1. The third-order valence-electron chi connectivity index (χ3n) is 4.21. The first-order chi connectivity index (χ1) is 9.79. The SMILES string of the molecule is CCc1ccccc1CNC(=O)CCC1CCNCC1. The minimum Gasteiger partial charge on any atom is -0.352 e. The summed E-state index contributed by atoms with van der Waals surface area (Å²) >= 11 is 0. The molecule has 20 heavy (non-hydrogen) atoms. The van der Waals surface area contributed by atoms with E-state index in [1.807, 2.05) is 6.07 Å². The fourth-order valence-electron chi connectivity index (χ4n) is 2.86. The van der Waals surface area contributed by atoms with Crippen molar-refractivity contribution < 1.29 is 4.79 Å². The van der Waals surface area contributed by atoms with Gasteiger partial charge in [0.25, 0.3) is 0 Å². The summed E-state index contributed by atoms with van der Waals surface area (Å²) in [5, 5.41) is 6.42. The van der Waals surface area contributed by atoms with E-state index < -0.39 is 0 Å². The Kier molecular flexibility index (Phi) is 6.06. The van der Waals surface area contributed by atoms with E-state index >= 15 is 0 Å². The maximum absolute atomic E-state index is 11.9. The minimum atomic E-state index is 0.189. The van der Waals surface area contributed by atoms with Gasteiger partial charge < -0.3 is 10.6 Å². The molecule has 1 aliphatic heterocycles. The van der Waals surface area contributed by atoms with E-state index in [-0.39, 0.29) is 5.91 Å². The number of carbonyl (C=O) groups excluding carboxylic acids is 1. The molecule has 110 valence electrons. The molecule has 1 amide bonds. The van der Waals surface area contributed by atoms with E-state index in [9.17, 15) is 4.79 Å². The van der Waals surface area contributed by atoms with E-state index in [0.29, 0.717) is 13.0 Å². The lowest BCUT2D eigenvalue weighted by molar-refractivity contribution is -0.121. The van der Waals surface area contributed by atoms with Gasteiger partial charge in [0.05, 0.1) is 0 Å². The predicted molar refractivity (Wildman–Crippen MR) is 82.5 cm³/mol. The molecule has 0 unspecified atom stereocenters. The van der Waals surface area contributed by atoms with Crippen molar-refractivity contribution in [2.45, 2.75) is 45.6 Å². The second-order valence-corrected chi connectivity index (χ2v) is 5.63. The largest absolute Gasteiger partial charge is 0.352 e. The lowest BCUT2D eigenvalue weighted by atomic mass is 9.93. The Morgan fingerprint density at radius 2 is 1.95 bits per heavy atom. The molecule has 0 saturated carbocycles. The number of piperidine rings is 1. The standard InChI is InChI=1S/C17H26N2O/c1-2-15-5-3-4-6-16(15)13-19-17(20)8-7-14-9-11-18-12-10-14/h3-6,14,18H,2,7-13H2,1H3,(H,19,20). The molecule has 2 N–H and O–H groups in total. The molecule has 0 atom stereocenters. The lowest BCUT2D eigenvalue weighted by Crippen LogP contribution is -2.29. The molecule has 0 radical (unpaired) electrons. The van der Waals surface area contributed by atoms with Gasteiger partial charge in [0.1, 0.15) is 0 Å². The van der Waals surface area contributed by atoms with Crippen LogP contribution in [-0.4, -0.2) is 19.0 Å². The zero-order chi connectivity index (χ0) is 14.2. The first kappa shape index (κ1) is 15.0. The molecule has 2 rings (SSSR count). The Hall–Kier alpha value is -1.35. The number of aryl methyl sites for hydroxylation is 1. The van der Waals surface area contributed by atoms with E-state index in [1.165, 1.54) is 24.0 Å². The highest BCUT2D eigenvalue weighted by molar-refractivity contribution is 5.75. The Bertz CT molecular complexity index is 425. The van der Waals surface area contributed by atoms with Gasteiger partial charge in [0.2, 0.25) is 5.91 Å². The first-order valence-electron chi connectivity index (χ1n) is 7.83. The molecule has 1 heterocycles. The first-order valence-corrected chi connectivity index (χ1v) is 7.83. The second-order valence-electron chi connectivity index (χ2n) is 5.63. The van der Waals surface area contributed by atoms with E-state index in [0.717, 1.165) is 31.8 Å². The Balaban J connectivity index is 1.71. The Morgan fingerprint density at radius 3 is 2.65 bits per heavy atom. The van der Waals surface area contributed by atoms with Crippen molar-refractivity contribution in [3.05, 3.63) is 35.4 Å². The van der Waals surface area contributed by atoms with Crippen molar-refractivity contribution in [3.63, 3.8) is 0 Å². The number of hydrogen-bond acceptors (Lipinski definition) is 2. The summed E-state index contributed by atoms with van der Waals surface area (Å²) < 4.78 is 0. The van der Waals surface area contributed by atoms with E-state index in [2.05, 4.69) is 35.8 Å². The molecule has 0 aliphatic carbocycles. The Morgan fingerprint density at radius 1 is 1.25 bits per heavy atom. The zero-order valence-electron chi connectivity index (χ0n) is 12.5. The molecule has 1 aromatic carbocycles. The van der Waals surface area contributed by atoms with Crippen LogP contribution >= 0.6 is 0 Å². The molecule has 3 nitrogen and oxygen atoms in total. The fourth-order valence-corrected chi connectivity index (χ4v) is 2.86. The van der Waals surface area contributed by atoms with Crippen LogP contribution in [0.3, 0.4) is 0 Å². The van der Waals surface area contributed by atoms with Crippen LogP contribution in [-0.2, 0) is 17.8 Å². The Labute approximate surface area is 122 Å². The quantitative estimate of drug-likeness (QED) is 0.837. The average Bonchev–Trinajstić information content (AvgIpc) is 2.52. The van der Waals surface area contributed by atoms with Crippen molar-refractivity contribution in [1.82, 2.24) is 10.6 Å². The van der Waals surface area contributed by atoms with Gasteiger partial charge in [-0.2, -0.15) is 0 Å². The van der Waals surface area contributed by atoms with Crippen LogP contribution in [0.1, 0.15) is 43.7 Å². The summed E-state index contributed by atoms with van der Waals surface area (Å²) in [4.78, 5) is 11.9. The molecule has 1 saturated heterocycles. The molecular weight excluding hydrogens is 248 g/mol. The number of rotatable bonds is 6. The topological polar surface area (TPSA) is 41.1 Å². The smallest absolute Gasteiger partial charge is 0.220 e. The summed E-state index contributed by atoms with van der Waals surface area (Å²) in [6.45, 7) is 5.03. The number of carbonyl (C=O) groups is 1. The van der Waals surface area contributed by atoms with Crippen LogP contribution in [0.25, 0.3) is 0 Å². The molecule has 1 aromatic rings. The fraction of sp³-hybridized carbons (Fsp3) is 0.588. The monoisotopic (exact) mass is 274 g/mol. The molecular formula is C17H26N2O. The van der Waals surface area contributed by atoms with Crippen LogP contribution in [0.2, 0.25) is 0 Å². The number of hydrogen-bond donors (Lipinski definition) is 2. The summed E-state index contributed by atoms with van der Waals surface area (Å²) in [7, 11) is 0. The van der Waals surface area contributed by atoms with Gasteiger partial charge in [-0.05, 0) is 55.8 Å². The van der Waals surface area contributed by atoms with Gasteiger partial charge >= 0.3 is 0 Å². The van der Waals surface area contributed by atoms with Crippen LogP contribution in [0.4, 0.5) is 0 Å². The number of nitrogens with one attached hydrogen (secondary N) is 2. The molecule has 0 aromatic heterocycles. The van der Waals surface area contributed by atoms with Crippen molar-refractivity contribution >= 4 is 5.91 Å². The molecule has 1 aliphatic rings. The molecule has 3 heteroatoms. The van der Waals surface area contributed by atoms with E-state index in [4.69, 9.17) is 0 Å². The summed E-state index contributed by atoms with van der Waals surface area (Å²) in [5.74, 6) is 0.916. The number of benzene rings is 1. The van der Waals surface area contributed by atoms with Crippen molar-refractivity contribution in [2.75, 3.05) is 13.1 Å².